The maximum Gasteiger partial charge on any atom is -0.0146 e. The molecule has 0 unspecified atom stereocenters. The molecule has 3 aromatic carbocycles. The van der Waals surface area contributed by atoms with Crippen molar-refractivity contribution in [2.45, 2.75) is 55.4 Å². The van der Waals surface area contributed by atoms with Crippen molar-refractivity contribution in [1.82, 2.24) is 0 Å². The predicted molar refractivity (Wildman–Crippen MR) is 190 cm³/mol. The lowest BCUT2D eigenvalue weighted by molar-refractivity contribution is 1.35. The van der Waals surface area contributed by atoms with Gasteiger partial charge in [-0.2, -0.15) is 0 Å². The molecular formula is C41H52. The summed E-state index contributed by atoms with van der Waals surface area (Å²) in [6.45, 7) is 34.5. The maximum atomic E-state index is 3.92. The molecule has 3 aromatic rings. The van der Waals surface area contributed by atoms with Crippen molar-refractivity contribution in [2.24, 2.45) is 0 Å². The highest BCUT2D eigenvalue weighted by Crippen LogP contribution is 2.29. The van der Waals surface area contributed by atoms with Crippen LogP contribution in [0.2, 0.25) is 0 Å². The largest absolute Gasteiger partial charge is 0.137 e. The van der Waals surface area contributed by atoms with E-state index in [1.165, 1.54) is 39.0 Å². The Bertz CT molecular complexity index is 1250. The molecule has 0 aliphatic heterocycles. The van der Waals surface area contributed by atoms with Crippen LogP contribution in [0.25, 0.3) is 11.1 Å². The Balaban J connectivity index is 0. The first kappa shape index (κ1) is 38.8. The second-order valence-corrected chi connectivity index (χ2v) is 9.17. The molecule has 0 radical (unpaired) electrons. The molecule has 0 heterocycles. The number of hydrogen-bond donors (Lipinski definition) is 0. The third kappa shape index (κ3) is 17.8. The molecule has 0 aliphatic rings. The summed E-state index contributed by atoms with van der Waals surface area (Å²) in [6.07, 6.45) is 9.76. The first-order valence-corrected chi connectivity index (χ1v) is 14.0. The Kier molecular flexibility index (Phi) is 23.3. The van der Waals surface area contributed by atoms with E-state index in [0.717, 1.165) is 11.1 Å². The molecule has 0 saturated heterocycles. The van der Waals surface area contributed by atoms with Crippen molar-refractivity contribution >= 4 is 11.1 Å². The van der Waals surface area contributed by atoms with E-state index in [4.69, 9.17) is 0 Å². The molecule has 0 aromatic heterocycles. The Morgan fingerprint density at radius 3 is 1.46 bits per heavy atom. The van der Waals surface area contributed by atoms with Crippen LogP contribution in [0.1, 0.15) is 62.4 Å². The summed E-state index contributed by atoms with van der Waals surface area (Å²) >= 11 is 0. The van der Waals surface area contributed by atoms with Crippen LogP contribution in [0, 0.1) is 20.8 Å². The number of aryl methyl sites for hydroxylation is 3. The van der Waals surface area contributed by atoms with Gasteiger partial charge in [0.2, 0.25) is 0 Å². The Hall–Kier alpha value is -4.38. The standard InChI is InChI=1S/C22H26.2C7H8.C3H4.C2H6/c1-8-11-19(10-3)20-13-12-18(7)22(15-20)21(14-16(4)5)17(6)9-2;2*1-7-5-3-2-4-6-7;1-3-2;1-2/h8-15H,1-3H2,4-7H3;2*2-6H,1H3;1-2H2;1-2H3/b19-11+,21-17+;;;;. The molecule has 0 fully saturated rings. The van der Waals surface area contributed by atoms with Gasteiger partial charge in [-0.1, -0.05) is 167 Å². The average Bonchev–Trinajstić information content (AvgIpc) is 2.97. The molecule has 0 N–H and O–H groups in total. The van der Waals surface area contributed by atoms with E-state index in [-0.39, 0.29) is 0 Å². The number of benzene rings is 3. The van der Waals surface area contributed by atoms with Gasteiger partial charge in [0.05, 0.1) is 0 Å². The Labute approximate surface area is 252 Å². The zero-order valence-electron chi connectivity index (χ0n) is 26.9. The van der Waals surface area contributed by atoms with Gasteiger partial charge in [0, 0.05) is 0 Å². The summed E-state index contributed by atoms with van der Waals surface area (Å²) in [6, 6.07) is 27.0. The van der Waals surface area contributed by atoms with Gasteiger partial charge < -0.3 is 0 Å². The number of hydrogen-bond acceptors (Lipinski definition) is 0. The van der Waals surface area contributed by atoms with Gasteiger partial charge in [-0.3, -0.25) is 0 Å². The zero-order valence-corrected chi connectivity index (χ0v) is 26.9. The summed E-state index contributed by atoms with van der Waals surface area (Å²) in [5, 5.41) is 0. The van der Waals surface area contributed by atoms with Crippen LogP contribution < -0.4 is 0 Å². The van der Waals surface area contributed by atoms with Crippen LogP contribution in [0.5, 0.6) is 0 Å². The summed E-state index contributed by atoms with van der Waals surface area (Å²) in [7, 11) is 0. The smallest absolute Gasteiger partial charge is 0.0146 e. The molecule has 3 rings (SSSR count). The fourth-order valence-electron chi connectivity index (χ4n) is 3.37. The SMILES string of the molecule is C=C/C=C(\C=C)c1ccc(C)c(/C(C=C(C)C)=C(\C)C=C)c1.C=C=C.CC.Cc1ccccc1.Cc1ccccc1. The van der Waals surface area contributed by atoms with E-state index in [0.29, 0.717) is 0 Å². The van der Waals surface area contributed by atoms with E-state index in [2.05, 4.69) is 129 Å². The number of allylic oxidation sites excluding steroid dienone is 9. The predicted octanol–water partition coefficient (Wildman–Crippen LogP) is 12.6. The maximum absolute atomic E-state index is 3.92. The van der Waals surface area contributed by atoms with Crippen molar-refractivity contribution in [3.63, 3.8) is 0 Å². The molecule has 0 aliphatic carbocycles. The van der Waals surface area contributed by atoms with E-state index < -0.39 is 0 Å². The van der Waals surface area contributed by atoms with Crippen molar-refractivity contribution in [2.75, 3.05) is 0 Å². The van der Waals surface area contributed by atoms with E-state index in [1.807, 2.05) is 68.5 Å². The molecule has 0 heteroatoms. The van der Waals surface area contributed by atoms with Crippen LogP contribution >= 0.6 is 0 Å². The van der Waals surface area contributed by atoms with Crippen molar-refractivity contribution < 1.29 is 0 Å². The first-order chi connectivity index (χ1) is 19.6. The summed E-state index contributed by atoms with van der Waals surface area (Å²) in [5.74, 6) is 0. The normalized spacial score (nSPS) is 9.90. The molecule has 216 valence electrons. The van der Waals surface area contributed by atoms with Crippen LogP contribution in [0.4, 0.5) is 0 Å². The molecule has 0 spiro atoms. The number of rotatable bonds is 6. The molecular weight excluding hydrogens is 492 g/mol. The van der Waals surface area contributed by atoms with Crippen LogP contribution in [-0.4, -0.2) is 0 Å². The fraction of sp³-hybridized carbons (Fsp3) is 0.195. The summed E-state index contributed by atoms with van der Waals surface area (Å²) in [4.78, 5) is 0. The minimum Gasteiger partial charge on any atom is -0.137 e. The highest BCUT2D eigenvalue weighted by atomic mass is 14.1. The van der Waals surface area contributed by atoms with Crippen LogP contribution in [0.3, 0.4) is 0 Å². The van der Waals surface area contributed by atoms with E-state index in [9.17, 15) is 0 Å². The van der Waals surface area contributed by atoms with Gasteiger partial charge >= 0.3 is 0 Å². The first-order valence-electron chi connectivity index (χ1n) is 14.0. The minimum atomic E-state index is 1.07. The lowest BCUT2D eigenvalue weighted by Crippen LogP contribution is -1.93. The van der Waals surface area contributed by atoms with Gasteiger partial charge in [-0.15, -0.1) is 5.73 Å². The minimum absolute atomic E-state index is 1.07. The molecule has 0 bridgehead atoms. The third-order valence-electron chi connectivity index (χ3n) is 5.42. The molecule has 41 heavy (non-hydrogen) atoms. The second kappa shape index (κ2) is 24.6. The van der Waals surface area contributed by atoms with E-state index in [1.54, 1.807) is 6.08 Å². The highest BCUT2D eigenvalue weighted by molar-refractivity contribution is 5.84. The third-order valence-corrected chi connectivity index (χ3v) is 5.42. The Morgan fingerprint density at radius 1 is 0.683 bits per heavy atom. The monoisotopic (exact) mass is 544 g/mol. The molecule has 0 saturated carbocycles. The summed E-state index contributed by atoms with van der Waals surface area (Å²) in [5.41, 5.74) is 13.3. The lowest BCUT2D eigenvalue weighted by Gasteiger charge is -2.13. The van der Waals surface area contributed by atoms with Gasteiger partial charge in [0.15, 0.2) is 0 Å². The zero-order chi connectivity index (χ0) is 31.6. The average molecular weight is 545 g/mol. The van der Waals surface area contributed by atoms with Gasteiger partial charge in [-0.25, -0.2) is 0 Å². The van der Waals surface area contributed by atoms with Gasteiger partial charge in [-0.05, 0) is 81.0 Å². The van der Waals surface area contributed by atoms with Gasteiger partial charge in [0.1, 0.15) is 0 Å². The van der Waals surface area contributed by atoms with Gasteiger partial charge in [0.25, 0.3) is 0 Å². The van der Waals surface area contributed by atoms with Crippen molar-refractivity contribution in [3.8, 4) is 0 Å². The van der Waals surface area contributed by atoms with Crippen LogP contribution in [0.15, 0.2) is 159 Å². The lowest BCUT2D eigenvalue weighted by atomic mass is 9.91. The van der Waals surface area contributed by atoms with E-state index >= 15 is 0 Å². The highest BCUT2D eigenvalue weighted by Gasteiger charge is 2.08. The van der Waals surface area contributed by atoms with Crippen molar-refractivity contribution in [1.29, 1.82) is 0 Å². The Morgan fingerprint density at radius 2 is 1.15 bits per heavy atom. The fourth-order valence-corrected chi connectivity index (χ4v) is 3.37. The van der Waals surface area contributed by atoms with Crippen molar-refractivity contribution in [3.05, 3.63) is 187 Å². The topological polar surface area (TPSA) is 0 Å². The molecule has 0 nitrogen and oxygen atoms in total. The quantitative estimate of drug-likeness (QED) is 0.214. The van der Waals surface area contributed by atoms with Crippen LogP contribution in [-0.2, 0) is 0 Å². The molecule has 0 amide bonds. The summed E-state index contributed by atoms with van der Waals surface area (Å²) < 4.78 is 0. The molecule has 0 atom stereocenters. The second-order valence-electron chi connectivity index (χ2n) is 9.17.